The van der Waals surface area contributed by atoms with Crippen molar-refractivity contribution in [3.8, 4) is 0 Å². The molecule has 1 fully saturated rings. The number of nitro benzene ring substituents is 1. The highest BCUT2D eigenvalue weighted by Crippen LogP contribution is 2.38. The Morgan fingerprint density at radius 1 is 1.03 bits per heavy atom. The highest BCUT2D eigenvalue weighted by Gasteiger charge is 2.51. The van der Waals surface area contributed by atoms with Gasteiger partial charge in [-0.2, -0.15) is 5.01 Å². The van der Waals surface area contributed by atoms with Crippen molar-refractivity contribution in [1.82, 2.24) is 10.0 Å². The molecule has 3 amide bonds. The van der Waals surface area contributed by atoms with Crippen LogP contribution in [0, 0.1) is 22.0 Å². The topological polar surface area (TPSA) is 118 Å². The van der Waals surface area contributed by atoms with Crippen LogP contribution in [0.2, 0.25) is 0 Å². The normalized spacial score (nSPS) is 19.7. The molecular formula is C24H21N3O6. The summed E-state index contributed by atoms with van der Waals surface area (Å²) in [6.45, 7) is 1.32. The number of ketones is 1. The third kappa shape index (κ3) is 4.17. The van der Waals surface area contributed by atoms with Gasteiger partial charge in [-0.25, -0.2) is 5.01 Å². The number of imide groups is 1. The molecule has 9 nitrogen and oxygen atoms in total. The molecule has 0 radical (unpaired) electrons. The fraction of sp³-hybridized carbons (Fsp3) is 0.250. The molecule has 9 heteroatoms. The molecule has 1 aliphatic carbocycles. The van der Waals surface area contributed by atoms with Gasteiger partial charge in [-0.3, -0.25) is 29.3 Å². The summed E-state index contributed by atoms with van der Waals surface area (Å²) in [5.74, 6) is -3.61. The summed E-state index contributed by atoms with van der Waals surface area (Å²) in [7, 11) is 0. The van der Waals surface area contributed by atoms with Crippen LogP contribution in [0.4, 0.5) is 5.69 Å². The van der Waals surface area contributed by atoms with Crippen LogP contribution in [-0.2, 0) is 9.59 Å². The van der Waals surface area contributed by atoms with E-state index in [1.165, 1.54) is 18.2 Å². The summed E-state index contributed by atoms with van der Waals surface area (Å²) in [5.41, 5.74) is 0.872. The second kappa shape index (κ2) is 8.78. The number of hydrogen-bond donors (Lipinski definition) is 0. The first-order valence-corrected chi connectivity index (χ1v) is 10.5. The van der Waals surface area contributed by atoms with E-state index in [2.05, 4.69) is 0 Å². The van der Waals surface area contributed by atoms with E-state index < -0.39 is 46.8 Å². The molecule has 1 heterocycles. The zero-order valence-electron chi connectivity index (χ0n) is 17.8. The van der Waals surface area contributed by atoms with E-state index in [0.717, 1.165) is 21.7 Å². The Morgan fingerprint density at radius 2 is 1.70 bits per heavy atom. The second-order valence-corrected chi connectivity index (χ2v) is 8.15. The Kier molecular flexibility index (Phi) is 5.87. The Bertz CT molecular complexity index is 1190. The average molecular weight is 447 g/mol. The lowest BCUT2D eigenvalue weighted by atomic mass is 9.82. The van der Waals surface area contributed by atoms with E-state index in [0.29, 0.717) is 18.4 Å². The molecule has 4 rings (SSSR count). The van der Waals surface area contributed by atoms with Gasteiger partial charge in [0.05, 0.1) is 16.8 Å². The van der Waals surface area contributed by atoms with Crippen molar-refractivity contribution in [2.24, 2.45) is 11.8 Å². The molecule has 1 saturated heterocycles. The van der Waals surface area contributed by atoms with E-state index in [4.69, 9.17) is 0 Å². The van der Waals surface area contributed by atoms with Crippen LogP contribution < -0.4 is 0 Å². The third-order valence-electron chi connectivity index (χ3n) is 5.97. The molecule has 33 heavy (non-hydrogen) atoms. The maximum atomic E-state index is 13.4. The maximum absolute atomic E-state index is 13.4. The Morgan fingerprint density at radius 3 is 2.39 bits per heavy atom. The van der Waals surface area contributed by atoms with Gasteiger partial charge in [-0.1, -0.05) is 48.0 Å². The molecule has 2 atom stereocenters. The van der Waals surface area contributed by atoms with Crippen molar-refractivity contribution in [3.05, 3.63) is 87.5 Å². The predicted molar refractivity (Wildman–Crippen MR) is 117 cm³/mol. The van der Waals surface area contributed by atoms with E-state index >= 15 is 0 Å². The SMILES string of the molecule is CC1=CC[C@@H]2C(=O)N(N(CC(=O)c3ccccc3)C(=O)c3cccc([N+](=O)[O-])c3)C(=O)[C@@H]2C1. The number of rotatable bonds is 6. The predicted octanol–water partition coefficient (Wildman–Crippen LogP) is 3.18. The van der Waals surface area contributed by atoms with Crippen LogP contribution in [0.3, 0.4) is 0 Å². The van der Waals surface area contributed by atoms with Gasteiger partial charge in [0.15, 0.2) is 5.78 Å². The van der Waals surface area contributed by atoms with Crippen LogP contribution in [0.5, 0.6) is 0 Å². The van der Waals surface area contributed by atoms with Gasteiger partial charge in [-0.05, 0) is 25.8 Å². The lowest BCUT2D eigenvalue weighted by Crippen LogP contribution is -2.52. The Labute approximate surface area is 189 Å². The van der Waals surface area contributed by atoms with Crippen molar-refractivity contribution < 1.29 is 24.1 Å². The molecule has 0 bridgehead atoms. The number of benzene rings is 2. The molecule has 0 spiro atoms. The first-order chi connectivity index (χ1) is 15.8. The minimum absolute atomic E-state index is 0.102. The smallest absolute Gasteiger partial charge is 0.273 e. The van der Waals surface area contributed by atoms with E-state index in [1.54, 1.807) is 30.3 Å². The largest absolute Gasteiger partial charge is 0.292 e. The number of hydrazine groups is 1. The third-order valence-corrected chi connectivity index (χ3v) is 5.97. The number of hydrogen-bond acceptors (Lipinski definition) is 6. The first-order valence-electron chi connectivity index (χ1n) is 10.5. The first kappa shape index (κ1) is 22.1. The average Bonchev–Trinajstić information content (AvgIpc) is 3.06. The number of fused-ring (bicyclic) bond motifs is 1. The molecule has 1 aliphatic heterocycles. The number of Topliss-reactive ketones (excluding diaryl/α,β-unsaturated/α-hetero) is 1. The van der Waals surface area contributed by atoms with Gasteiger partial charge in [0.2, 0.25) is 0 Å². The lowest BCUT2D eigenvalue weighted by Gasteiger charge is -2.30. The zero-order chi connectivity index (χ0) is 23.7. The monoisotopic (exact) mass is 447 g/mol. The summed E-state index contributed by atoms with van der Waals surface area (Å²) in [6, 6.07) is 13.2. The minimum atomic E-state index is -0.840. The highest BCUT2D eigenvalue weighted by atomic mass is 16.6. The summed E-state index contributed by atoms with van der Waals surface area (Å²) in [4.78, 5) is 63.3. The number of nitrogens with zero attached hydrogens (tertiary/aromatic N) is 3. The molecule has 0 saturated carbocycles. The molecule has 2 aliphatic rings. The lowest BCUT2D eigenvalue weighted by molar-refractivity contribution is -0.384. The molecular weight excluding hydrogens is 426 g/mol. The quantitative estimate of drug-likeness (QED) is 0.221. The molecule has 0 unspecified atom stereocenters. The van der Waals surface area contributed by atoms with E-state index in [9.17, 15) is 29.3 Å². The van der Waals surface area contributed by atoms with Crippen LogP contribution in [0.15, 0.2) is 66.2 Å². The maximum Gasteiger partial charge on any atom is 0.273 e. The molecule has 0 N–H and O–H groups in total. The van der Waals surface area contributed by atoms with Crippen molar-refractivity contribution in [1.29, 1.82) is 0 Å². The number of carbonyl (C=O) groups is 4. The minimum Gasteiger partial charge on any atom is -0.292 e. The van der Waals surface area contributed by atoms with Crippen LogP contribution >= 0.6 is 0 Å². The fourth-order valence-electron chi connectivity index (χ4n) is 4.24. The second-order valence-electron chi connectivity index (χ2n) is 8.15. The highest BCUT2D eigenvalue weighted by molar-refractivity contribution is 6.09. The molecule has 0 aromatic heterocycles. The van der Waals surface area contributed by atoms with E-state index in [1.807, 2.05) is 13.0 Å². The van der Waals surface area contributed by atoms with Crippen LogP contribution in [0.1, 0.15) is 40.5 Å². The van der Waals surface area contributed by atoms with Crippen LogP contribution in [0.25, 0.3) is 0 Å². The molecule has 168 valence electrons. The fourth-order valence-corrected chi connectivity index (χ4v) is 4.24. The summed E-state index contributed by atoms with van der Waals surface area (Å²) < 4.78 is 0. The van der Waals surface area contributed by atoms with Gasteiger partial charge in [0.25, 0.3) is 23.4 Å². The van der Waals surface area contributed by atoms with Crippen molar-refractivity contribution >= 4 is 29.2 Å². The van der Waals surface area contributed by atoms with Gasteiger partial charge >= 0.3 is 0 Å². The van der Waals surface area contributed by atoms with Crippen molar-refractivity contribution in [2.75, 3.05) is 6.54 Å². The standard InChI is InChI=1S/C24H21N3O6/c1-15-10-11-19-20(12-15)24(31)26(23(19)30)25(14-21(28)16-6-3-2-4-7-16)22(29)17-8-5-9-18(13-17)27(32)33/h2-10,13,19-20H,11-12,14H2,1H3/t19-,20+/m0/s1. The number of non-ortho nitro benzene ring substituents is 1. The zero-order valence-corrected chi connectivity index (χ0v) is 17.8. The van der Waals surface area contributed by atoms with Gasteiger partial charge in [-0.15, -0.1) is 0 Å². The van der Waals surface area contributed by atoms with E-state index in [-0.39, 0.29) is 11.3 Å². The Hall–Kier alpha value is -4.14. The Balaban J connectivity index is 1.72. The summed E-state index contributed by atoms with van der Waals surface area (Å²) >= 11 is 0. The van der Waals surface area contributed by atoms with Crippen molar-refractivity contribution in [2.45, 2.75) is 19.8 Å². The molecule has 2 aromatic rings. The van der Waals surface area contributed by atoms with Gasteiger partial charge < -0.3 is 0 Å². The van der Waals surface area contributed by atoms with Gasteiger partial charge in [0, 0.05) is 23.3 Å². The number of carbonyl (C=O) groups excluding carboxylic acids is 4. The number of nitro groups is 1. The van der Waals surface area contributed by atoms with Gasteiger partial charge in [0.1, 0.15) is 6.54 Å². The summed E-state index contributed by atoms with van der Waals surface area (Å²) in [5, 5.41) is 12.8. The molecule has 2 aromatic carbocycles. The number of amides is 3. The van der Waals surface area contributed by atoms with Crippen molar-refractivity contribution in [3.63, 3.8) is 0 Å². The van der Waals surface area contributed by atoms with Crippen LogP contribution in [-0.4, -0.2) is 45.0 Å². The number of allylic oxidation sites excluding steroid dienone is 2. The summed E-state index contributed by atoms with van der Waals surface area (Å²) in [6.07, 6.45) is 2.68.